The van der Waals surface area contributed by atoms with Gasteiger partial charge in [0.2, 0.25) is 0 Å². The van der Waals surface area contributed by atoms with Crippen LogP contribution in [0.3, 0.4) is 0 Å². The van der Waals surface area contributed by atoms with Gasteiger partial charge in [0.05, 0.1) is 13.7 Å². The van der Waals surface area contributed by atoms with Gasteiger partial charge < -0.3 is 14.8 Å². The fraction of sp³-hybridized carbons (Fsp3) is 0.600. The predicted molar refractivity (Wildman–Crippen MR) is 75.5 cm³/mol. The van der Waals surface area contributed by atoms with Crippen molar-refractivity contribution in [3.05, 3.63) is 23.8 Å². The summed E-state index contributed by atoms with van der Waals surface area (Å²) in [6.45, 7) is 8.19. The molecule has 1 aromatic carbocycles. The van der Waals surface area contributed by atoms with E-state index in [0.717, 1.165) is 37.5 Å². The number of nitrogens with one attached hydrogen (secondary N) is 1. The zero-order valence-corrected chi connectivity index (χ0v) is 12.0. The lowest BCUT2D eigenvalue weighted by molar-refractivity contribution is 0.308. The zero-order chi connectivity index (χ0) is 13.4. The van der Waals surface area contributed by atoms with Crippen molar-refractivity contribution in [2.24, 2.45) is 0 Å². The molecule has 0 bridgehead atoms. The average Bonchev–Trinajstić information content (AvgIpc) is 2.42. The molecule has 0 spiro atoms. The number of benzene rings is 1. The van der Waals surface area contributed by atoms with Crippen LogP contribution >= 0.6 is 0 Å². The minimum atomic E-state index is 0.294. The molecule has 3 nitrogen and oxygen atoms in total. The minimum absolute atomic E-state index is 0.294. The summed E-state index contributed by atoms with van der Waals surface area (Å²) >= 11 is 0. The Morgan fingerprint density at radius 2 is 2.00 bits per heavy atom. The van der Waals surface area contributed by atoms with Gasteiger partial charge in [-0.15, -0.1) is 0 Å². The Labute approximate surface area is 110 Å². The maximum absolute atomic E-state index is 5.81. The molecule has 1 N–H and O–H groups in total. The van der Waals surface area contributed by atoms with Crippen LogP contribution in [0.25, 0.3) is 0 Å². The molecule has 0 fully saturated rings. The molecule has 0 amide bonds. The van der Waals surface area contributed by atoms with Crippen molar-refractivity contribution in [3.8, 4) is 11.5 Å². The van der Waals surface area contributed by atoms with E-state index in [4.69, 9.17) is 9.47 Å². The smallest absolute Gasteiger partial charge is 0.127 e. The monoisotopic (exact) mass is 251 g/mol. The first-order chi connectivity index (χ1) is 8.72. The van der Waals surface area contributed by atoms with Crippen molar-refractivity contribution in [2.45, 2.75) is 39.7 Å². The second kappa shape index (κ2) is 7.98. The van der Waals surface area contributed by atoms with Crippen LogP contribution in [0.5, 0.6) is 11.5 Å². The Morgan fingerprint density at radius 1 is 1.22 bits per heavy atom. The van der Waals surface area contributed by atoms with Gasteiger partial charge in [0, 0.05) is 17.7 Å². The molecule has 0 aromatic heterocycles. The standard InChI is InChI=1S/C15H25NO2/c1-5-9-16-12(3)14-8-7-13(17-4)11-15(14)18-10-6-2/h7-8,11-12,16H,5-6,9-10H2,1-4H3. The van der Waals surface area contributed by atoms with Crippen molar-refractivity contribution < 1.29 is 9.47 Å². The van der Waals surface area contributed by atoms with E-state index in [-0.39, 0.29) is 0 Å². The van der Waals surface area contributed by atoms with Crippen LogP contribution in [0, 0.1) is 0 Å². The molecule has 0 aliphatic rings. The van der Waals surface area contributed by atoms with Crippen LogP contribution in [0.1, 0.15) is 45.2 Å². The predicted octanol–water partition coefficient (Wildman–Crippen LogP) is 3.54. The molecule has 3 heteroatoms. The third kappa shape index (κ3) is 4.22. The van der Waals surface area contributed by atoms with Crippen molar-refractivity contribution in [2.75, 3.05) is 20.3 Å². The third-order valence-corrected chi connectivity index (χ3v) is 2.85. The molecule has 0 aliphatic heterocycles. The fourth-order valence-corrected chi connectivity index (χ4v) is 1.81. The van der Waals surface area contributed by atoms with Crippen molar-refractivity contribution in [1.82, 2.24) is 5.32 Å². The summed E-state index contributed by atoms with van der Waals surface area (Å²) in [5, 5.41) is 3.48. The highest BCUT2D eigenvalue weighted by Crippen LogP contribution is 2.29. The van der Waals surface area contributed by atoms with Crippen LogP contribution in [-0.2, 0) is 0 Å². The van der Waals surface area contributed by atoms with E-state index < -0.39 is 0 Å². The zero-order valence-electron chi connectivity index (χ0n) is 12.0. The van der Waals surface area contributed by atoms with Gasteiger partial charge in [-0.1, -0.05) is 19.9 Å². The lowest BCUT2D eigenvalue weighted by Crippen LogP contribution is -2.20. The molecule has 1 rings (SSSR count). The Bertz CT molecular complexity index is 352. The van der Waals surface area contributed by atoms with Gasteiger partial charge in [0.15, 0.2) is 0 Å². The second-order valence-electron chi connectivity index (χ2n) is 4.43. The quantitative estimate of drug-likeness (QED) is 0.766. The molecule has 18 heavy (non-hydrogen) atoms. The van der Waals surface area contributed by atoms with E-state index in [1.165, 1.54) is 5.56 Å². The van der Waals surface area contributed by atoms with Gasteiger partial charge in [-0.05, 0) is 32.4 Å². The lowest BCUT2D eigenvalue weighted by Gasteiger charge is -2.18. The van der Waals surface area contributed by atoms with E-state index in [9.17, 15) is 0 Å². The summed E-state index contributed by atoms with van der Waals surface area (Å²) in [6.07, 6.45) is 2.14. The molecule has 1 atom stereocenters. The number of ether oxygens (including phenoxy) is 2. The molecule has 102 valence electrons. The van der Waals surface area contributed by atoms with Crippen LogP contribution in [0.15, 0.2) is 18.2 Å². The molecule has 0 radical (unpaired) electrons. The maximum Gasteiger partial charge on any atom is 0.127 e. The van der Waals surface area contributed by atoms with E-state index in [1.54, 1.807) is 7.11 Å². The summed E-state index contributed by atoms with van der Waals surface area (Å²) in [6, 6.07) is 6.33. The van der Waals surface area contributed by atoms with Gasteiger partial charge in [0.1, 0.15) is 11.5 Å². The number of hydrogen-bond acceptors (Lipinski definition) is 3. The second-order valence-corrected chi connectivity index (χ2v) is 4.43. The van der Waals surface area contributed by atoms with Crippen molar-refractivity contribution in [1.29, 1.82) is 0 Å². The summed E-state index contributed by atoms with van der Waals surface area (Å²) in [5.41, 5.74) is 1.19. The first kappa shape index (κ1) is 14.8. The van der Waals surface area contributed by atoms with Gasteiger partial charge in [-0.3, -0.25) is 0 Å². The minimum Gasteiger partial charge on any atom is -0.497 e. The highest BCUT2D eigenvalue weighted by Gasteiger charge is 2.12. The molecule has 1 aromatic rings. The summed E-state index contributed by atoms with van der Waals surface area (Å²) in [5.74, 6) is 1.76. The Morgan fingerprint density at radius 3 is 2.61 bits per heavy atom. The van der Waals surface area contributed by atoms with E-state index in [1.807, 2.05) is 12.1 Å². The van der Waals surface area contributed by atoms with Crippen LogP contribution < -0.4 is 14.8 Å². The summed E-state index contributed by atoms with van der Waals surface area (Å²) in [4.78, 5) is 0. The van der Waals surface area contributed by atoms with Crippen molar-refractivity contribution in [3.63, 3.8) is 0 Å². The Balaban J connectivity index is 2.86. The van der Waals surface area contributed by atoms with Crippen molar-refractivity contribution >= 4 is 0 Å². The molecular weight excluding hydrogens is 226 g/mol. The maximum atomic E-state index is 5.81. The summed E-state index contributed by atoms with van der Waals surface area (Å²) < 4.78 is 11.1. The Hall–Kier alpha value is -1.22. The normalized spacial score (nSPS) is 12.2. The highest BCUT2D eigenvalue weighted by atomic mass is 16.5. The van der Waals surface area contributed by atoms with E-state index in [0.29, 0.717) is 6.04 Å². The molecular formula is C15H25NO2. The number of hydrogen-bond donors (Lipinski definition) is 1. The average molecular weight is 251 g/mol. The van der Waals surface area contributed by atoms with Crippen LogP contribution in [0.4, 0.5) is 0 Å². The van der Waals surface area contributed by atoms with Crippen LogP contribution in [0.2, 0.25) is 0 Å². The number of methoxy groups -OCH3 is 1. The third-order valence-electron chi connectivity index (χ3n) is 2.85. The summed E-state index contributed by atoms with van der Waals surface area (Å²) in [7, 11) is 1.68. The first-order valence-electron chi connectivity index (χ1n) is 6.77. The van der Waals surface area contributed by atoms with Gasteiger partial charge in [0.25, 0.3) is 0 Å². The molecule has 1 unspecified atom stereocenters. The van der Waals surface area contributed by atoms with Gasteiger partial charge in [-0.2, -0.15) is 0 Å². The Kier molecular flexibility index (Phi) is 6.58. The topological polar surface area (TPSA) is 30.5 Å². The van der Waals surface area contributed by atoms with Crippen LogP contribution in [-0.4, -0.2) is 20.3 Å². The van der Waals surface area contributed by atoms with Gasteiger partial charge >= 0.3 is 0 Å². The molecule has 0 heterocycles. The first-order valence-corrected chi connectivity index (χ1v) is 6.77. The molecule has 0 saturated heterocycles. The highest BCUT2D eigenvalue weighted by molar-refractivity contribution is 5.42. The van der Waals surface area contributed by atoms with E-state index in [2.05, 4.69) is 32.2 Å². The fourth-order valence-electron chi connectivity index (χ4n) is 1.81. The SMILES string of the molecule is CCCNC(C)c1ccc(OC)cc1OCCC. The molecule has 0 saturated carbocycles. The van der Waals surface area contributed by atoms with E-state index >= 15 is 0 Å². The number of rotatable bonds is 8. The van der Waals surface area contributed by atoms with Gasteiger partial charge in [-0.25, -0.2) is 0 Å². The largest absolute Gasteiger partial charge is 0.497 e. The molecule has 0 aliphatic carbocycles. The lowest BCUT2D eigenvalue weighted by atomic mass is 10.1.